The van der Waals surface area contributed by atoms with Gasteiger partial charge in [-0.05, 0) is 46.6 Å². The van der Waals surface area contributed by atoms with Gasteiger partial charge in [0.2, 0.25) is 0 Å². The fourth-order valence-corrected chi connectivity index (χ4v) is 4.27. The lowest BCUT2D eigenvalue weighted by atomic mass is 9.97. The van der Waals surface area contributed by atoms with Crippen molar-refractivity contribution in [2.75, 3.05) is 79.1 Å². The number of nitrogens with zero attached hydrogens (tertiary/aromatic N) is 4. The Bertz CT molecular complexity index is 486. The van der Waals surface area contributed by atoms with Gasteiger partial charge in [-0.25, -0.2) is 4.79 Å². The van der Waals surface area contributed by atoms with Gasteiger partial charge in [0.15, 0.2) is 0 Å². The number of hydrogen-bond acceptors (Lipinski definition) is 6. The van der Waals surface area contributed by atoms with Gasteiger partial charge in [0.05, 0.1) is 12.7 Å². The van der Waals surface area contributed by atoms with Crippen molar-refractivity contribution in [3.8, 4) is 0 Å². The third kappa shape index (κ3) is 6.87. The van der Waals surface area contributed by atoms with E-state index in [0.29, 0.717) is 12.0 Å². The van der Waals surface area contributed by atoms with Crippen LogP contribution in [-0.2, 0) is 9.47 Å². The SMILES string of the molecule is CN1CCN(C[C@@H]2CC[C@@H](CN3CCN(C(=O)OC(C)(C)C)CC3)CO2)CC1. The number of amides is 1. The summed E-state index contributed by atoms with van der Waals surface area (Å²) in [6.45, 7) is 16.9. The summed E-state index contributed by atoms with van der Waals surface area (Å²) in [5.74, 6) is 0.622. The summed E-state index contributed by atoms with van der Waals surface area (Å²) in [5.41, 5.74) is -0.422. The first-order valence-electron chi connectivity index (χ1n) is 11.0. The minimum Gasteiger partial charge on any atom is -0.444 e. The first kappa shape index (κ1) is 21.8. The molecule has 28 heavy (non-hydrogen) atoms. The van der Waals surface area contributed by atoms with Crippen LogP contribution in [0.25, 0.3) is 0 Å². The van der Waals surface area contributed by atoms with Crippen molar-refractivity contribution >= 4 is 6.09 Å². The molecule has 3 rings (SSSR count). The Labute approximate surface area is 170 Å². The molecule has 3 heterocycles. The molecule has 0 unspecified atom stereocenters. The fourth-order valence-electron chi connectivity index (χ4n) is 4.27. The second kappa shape index (κ2) is 9.74. The molecule has 3 fully saturated rings. The lowest BCUT2D eigenvalue weighted by molar-refractivity contribution is -0.0466. The molecular formula is C21H40N4O3. The van der Waals surface area contributed by atoms with Crippen molar-refractivity contribution in [2.45, 2.75) is 45.3 Å². The monoisotopic (exact) mass is 396 g/mol. The number of carbonyl (C=O) groups excluding carboxylic acids is 1. The highest BCUT2D eigenvalue weighted by Gasteiger charge is 2.29. The normalized spacial score (nSPS) is 29.1. The summed E-state index contributed by atoms with van der Waals surface area (Å²) < 4.78 is 11.7. The van der Waals surface area contributed by atoms with Crippen molar-refractivity contribution in [1.82, 2.24) is 19.6 Å². The van der Waals surface area contributed by atoms with Crippen LogP contribution < -0.4 is 0 Å². The van der Waals surface area contributed by atoms with E-state index >= 15 is 0 Å². The maximum atomic E-state index is 12.2. The quantitative estimate of drug-likeness (QED) is 0.719. The van der Waals surface area contributed by atoms with E-state index < -0.39 is 5.60 Å². The molecule has 0 aromatic carbocycles. The molecule has 0 bridgehead atoms. The molecule has 0 saturated carbocycles. The van der Waals surface area contributed by atoms with Crippen LogP contribution in [0.3, 0.4) is 0 Å². The highest BCUT2D eigenvalue weighted by molar-refractivity contribution is 5.68. The van der Waals surface area contributed by atoms with E-state index in [1.165, 1.54) is 39.0 Å². The molecule has 3 aliphatic rings. The molecule has 162 valence electrons. The molecule has 7 heteroatoms. The molecular weight excluding hydrogens is 356 g/mol. The van der Waals surface area contributed by atoms with Gasteiger partial charge in [-0.2, -0.15) is 0 Å². The van der Waals surface area contributed by atoms with E-state index in [1.807, 2.05) is 25.7 Å². The third-order valence-electron chi connectivity index (χ3n) is 6.06. The highest BCUT2D eigenvalue weighted by Crippen LogP contribution is 2.22. The molecule has 0 aromatic heterocycles. The first-order chi connectivity index (χ1) is 13.3. The number of ether oxygens (including phenoxy) is 2. The van der Waals surface area contributed by atoms with Crippen molar-refractivity contribution in [2.24, 2.45) is 5.92 Å². The van der Waals surface area contributed by atoms with Gasteiger partial charge in [-0.15, -0.1) is 0 Å². The van der Waals surface area contributed by atoms with Gasteiger partial charge < -0.3 is 19.3 Å². The lowest BCUT2D eigenvalue weighted by Crippen LogP contribution is -2.52. The summed E-state index contributed by atoms with van der Waals surface area (Å²) in [6.07, 6.45) is 2.66. The summed E-state index contributed by atoms with van der Waals surface area (Å²) in [5, 5.41) is 0. The van der Waals surface area contributed by atoms with Gasteiger partial charge in [0.25, 0.3) is 0 Å². The predicted molar refractivity (Wildman–Crippen MR) is 111 cm³/mol. The fraction of sp³-hybridized carbons (Fsp3) is 0.952. The molecule has 0 aromatic rings. The van der Waals surface area contributed by atoms with Crippen LogP contribution in [-0.4, -0.2) is 117 Å². The second-order valence-corrected chi connectivity index (χ2v) is 9.77. The Kier molecular flexibility index (Phi) is 7.59. The number of likely N-dealkylation sites (N-methyl/N-ethyl adjacent to an activating group) is 1. The molecule has 0 aliphatic carbocycles. The number of piperazine rings is 2. The number of carbonyl (C=O) groups is 1. The number of hydrogen-bond donors (Lipinski definition) is 0. The molecule has 3 saturated heterocycles. The van der Waals surface area contributed by atoms with E-state index in [9.17, 15) is 4.79 Å². The van der Waals surface area contributed by atoms with Crippen molar-refractivity contribution in [3.63, 3.8) is 0 Å². The number of rotatable bonds is 4. The van der Waals surface area contributed by atoms with E-state index in [0.717, 1.165) is 45.9 Å². The molecule has 7 nitrogen and oxygen atoms in total. The van der Waals surface area contributed by atoms with E-state index in [4.69, 9.17) is 9.47 Å². The Hall–Kier alpha value is -0.890. The summed E-state index contributed by atoms with van der Waals surface area (Å²) in [4.78, 5) is 21.5. The molecule has 1 amide bonds. The van der Waals surface area contributed by atoms with Gasteiger partial charge in [0.1, 0.15) is 5.60 Å². The van der Waals surface area contributed by atoms with Crippen LogP contribution in [0, 0.1) is 5.92 Å². The summed E-state index contributed by atoms with van der Waals surface area (Å²) >= 11 is 0. The summed E-state index contributed by atoms with van der Waals surface area (Å²) in [7, 11) is 2.20. The van der Waals surface area contributed by atoms with Gasteiger partial charge >= 0.3 is 6.09 Å². The maximum Gasteiger partial charge on any atom is 0.410 e. The van der Waals surface area contributed by atoms with E-state index in [1.54, 1.807) is 0 Å². The van der Waals surface area contributed by atoms with Crippen LogP contribution >= 0.6 is 0 Å². The Balaban J connectivity index is 1.31. The van der Waals surface area contributed by atoms with Gasteiger partial charge in [-0.3, -0.25) is 9.80 Å². The Morgan fingerprint density at radius 3 is 2.11 bits per heavy atom. The molecule has 0 radical (unpaired) electrons. The van der Waals surface area contributed by atoms with Crippen molar-refractivity contribution < 1.29 is 14.3 Å². The minimum absolute atomic E-state index is 0.181. The maximum absolute atomic E-state index is 12.2. The Morgan fingerprint density at radius 1 is 0.929 bits per heavy atom. The topological polar surface area (TPSA) is 48.5 Å². The smallest absolute Gasteiger partial charge is 0.410 e. The molecule has 0 spiro atoms. The van der Waals surface area contributed by atoms with Crippen LogP contribution in [0.15, 0.2) is 0 Å². The molecule has 2 atom stereocenters. The van der Waals surface area contributed by atoms with Crippen LogP contribution in [0.2, 0.25) is 0 Å². The zero-order valence-electron chi connectivity index (χ0n) is 18.4. The zero-order valence-corrected chi connectivity index (χ0v) is 18.4. The Morgan fingerprint density at radius 2 is 1.54 bits per heavy atom. The molecule has 0 N–H and O–H groups in total. The van der Waals surface area contributed by atoms with Crippen LogP contribution in [0.4, 0.5) is 4.79 Å². The van der Waals surface area contributed by atoms with Crippen LogP contribution in [0.5, 0.6) is 0 Å². The zero-order chi connectivity index (χ0) is 20.1. The van der Waals surface area contributed by atoms with E-state index in [2.05, 4.69) is 21.7 Å². The second-order valence-electron chi connectivity index (χ2n) is 9.77. The molecule has 3 aliphatic heterocycles. The predicted octanol–water partition coefficient (Wildman–Crippen LogP) is 1.58. The minimum atomic E-state index is -0.422. The average Bonchev–Trinajstić information content (AvgIpc) is 2.64. The average molecular weight is 397 g/mol. The third-order valence-corrected chi connectivity index (χ3v) is 6.06. The van der Waals surface area contributed by atoms with E-state index in [-0.39, 0.29) is 6.09 Å². The largest absolute Gasteiger partial charge is 0.444 e. The van der Waals surface area contributed by atoms with Crippen molar-refractivity contribution in [1.29, 1.82) is 0 Å². The van der Waals surface area contributed by atoms with Gasteiger partial charge in [-0.1, -0.05) is 0 Å². The van der Waals surface area contributed by atoms with Gasteiger partial charge in [0, 0.05) is 65.4 Å². The lowest BCUT2D eigenvalue weighted by Gasteiger charge is -2.39. The summed E-state index contributed by atoms with van der Waals surface area (Å²) in [6, 6.07) is 0. The highest BCUT2D eigenvalue weighted by atomic mass is 16.6. The first-order valence-corrected chi connectivity index (χ1v) is 11.0. The standard InChI is InChI=1S/C21H40N4O3/c1-21(2,3)28-20(26)25-13-11-23(12-14-25)15-18-5-6-19(27-17-18)16-24-9-7-22(4)8-10-24/h18-19H,5-17H2,1-4H3/t18-,19-/m0/s1. The van der Waals surface area contributed by atoms with Crippen molar-refractivity contribution in [3.05, 3.63) is 0 Å². The van der Waals surface area contributed by atoms with Crippen LogP contribution in [0.1, 0.15) is 33.6 Å².